The Labute approximate surface area is 139 Å². The van der Waals surface area contributed by atoms with E-state index in [2.05, 4.69) is 44.4 Å². The van der Waals surface area contributed by atoms with Crippen LogP contribution in [0.5, 0.6) is 0 Å². The lowest BCUT2D eigenvalue weighted by Crippen LogP contribution is -3.08. The predicted molar refractivity (Wildman–Crippen MR) is 95.9 cm³/mol. The van der Waals surface area contributed by atoms with Crippen molar-refractivity contribution in [3.63, 3.8) is 0 Å². The molecule has 0 aromatic heterocycles. The predicted octanol–water partition coefficient (Wildman–Crippen LogP) is 2.57. The van der Waals surface area contributed by atoms with Gasteiger partial charge >= 0.3 is 0 Å². The van der Waals surface area contributed by atoms with Crippen LogP contribution in [-0.4, -0.2) is 19.5 Å². The van der Waals surface area contributed by atoms with Gasteiger partial charge in [-0.15, -0.1) is 0 Å². The van der Waals surface area contributed by atoms with E-state index < -0.39 is 0 Å². The maximum atomic E-state index is 12.3. The molecular formula is C20H27N2O+. The summed E-state index contributed by atoms with van der Waals surface area (Å²) in [5, 5.41) is 3.06. The number of benzene rings is 2. The van der Waals surface area contributed by atoms with Crippen molar-refractivity contribution in [3.8, 4) is 0 Å². The van der Waals surface area contributed by atoms with Crippen LogP contribution in [0.15, 0.2) is 36.4 Å². The Bertz CT molecular complexity index is 687. The van der Waals surface area contributed by atoms with E-state index in [1.807, 2.05) is 32.0 Å². The van der Waals surface area contributed by atoms with Crippen LogP contribution < -0.4 is 10.2 Å². The van der Waals surface area contributed by atoms with Crippen LogP contribution in [0, 0.1) is 27.7 Å². The normalized spacial score (nSPS) is 12.0. The maximum absolute atomic E-state index is 12.3. The minimum Gasteiger partial charge on any atom is -0.326 e. The Morgan fingerprint density at radius 3 is 2.30 bits per heavy atom. The Morgan fingerprint density at radius 2 is 1.65 bits per heavy atom. The first-order valence-electron chi connectivity index (χ1n) is 8.10. The van der Waals surface area contributed by atoms with E-state index in [9.17, 15) is 4.79 Å². The van der Waals surface area contributed by atoms with Gasteiger partial charge in [0, 0.05) is 11.3 Å². The zero-order chi connectivity index (χ0) is 17.0. The van der Waals surface area contributed by atoms with Crippen LogP contribution >= 0.6 is 0 Å². The van der Waals surface area contributed by atoms with Crippen LogP contribution in [0.1, 0.15) is 27.8 Å². The van der Waals surface area contributed by atoms with Crippen molar-refractivity contribution >= 4 is 11.6 Å². The van der Waals surface area contributed by atoms with Gasteiger partial charge in [-0.1, -0.05) is 42.0 Å². The van der Waals surface area contributed by atoms with Gasteiger partial charge in [0.05, 0.1) is 7.05 Å². The summed E-state index contributed by atoms with van der Waals surface area (Å²) >= 11 is 0. The summed E-state index contributed by atoms with van der Waals surface area (Å²) in [6, 6.07) is 12.5. The zero-order valence-corrected chi connectivity index (χ0v) is 14.8. The number of hydrogen-bond acceptors (Lipinski definition) is 1. The number of para-hydroxylation sites is 1. The molecule has 0 spiro atoms. The molecule has 2 aromatic rings. The molecule has 1 atom stereocenters. The molecule has 1 amide bonds. The fourth-order valence-electron chi connectivity index (χ4n) is 2.85. The average Bonchev–Trinajstić information content (AvgIpc) is 2.47. The highest BCUT2D eigenvalue weighted by atomic mass is 16.2. The lowest BCUT2D eigenvalue weighted by atomic mass is 10.1. The number of carbonyl (C=O) groups excluding carboxylic acids is 1. The molecule has 1 unspecified atom stereocenters. The Hall–Kier alpha value is -2.13. The second kappa shape index (κ2) is 7.42. The van der Waals surface area contributed by atoms with E-state index in [1.54, 1.807) is 0 Å². The van der Waals surface area contributed by atoms with Crippen LogP contribution in [0.2, 0.25) is 0 Å². The number of likely N-dealkylation sites (N-methyl/N-ethyl adjacent to an activating group) is 1. The second-order valence-electron chi connectivity index (χ2n) is 6.56. The molecular weight excluding hydrogens is 284 g/mol. The molecule has 0 aliphatic heterocycles. The third kappa shape index (κ3) is 4.67. The van der Waals surface area contributed by atoms with Crippen molar-refractivity contribution in [2.75, 3.05) is 18.9 Å². The summed E-state index contributed by atoms with van der Waals surface area (Å²) in [6.07, 6.45) is 0. The molecule has 3 heteroatoms. The highest BCUT2D eigenvalue weighted by molar-refractivity contribution is 5.93. The number of aryl methyl sites for hydroxylation is 4. The van der Waals surface area contributed by atoms with Crippen molar-refractivity contribution in [2.45, 2.75) is 34.2 Å². The van der Waals surface area contributed by atoms with Crippen molar-refractivity contribution in [1.29, 1.82) is 0 Å². The second-order valence-corrected chi connectivity index (χ2v) is 6.56. The maximum Gasteiger partial charge on any atom is 0.279 e. The standard InChI is InChI=1S/C20H26N2O/c1-14-9-10-15(2)18(11-14)12-22(5)13-19(23)21-20-16(3)7-6-8-17(20)4/h6-11H,12-13H2,1-5H3,(H,21,23)/p+1. The minimum atomic E-state index is 0.0604. The van der Waals surface area contributed by atoms with Crippen LogP contribution in [-0.2, 0) is 11.3 Å². The van der Waals surface area contributed by atoms with Gasteiger partial charge in [-0.05, 0) is 44.4 Å². The number of quaternary nitrogens is 1. The van der Waals surface area contributed by atoms with Gasteiger partial charge in [-0.2, -0.15) is 0 Å². The number of rotatable bonds is 5. The molecule has 2 aromatic carbocycles. The summed E-state index contributed by atoms with van der Waals surface area (Å²) in [7, 11) is 2.06. The molecule has 0 saturated heterocycles. The smallest absolute Gasteiger partial charge is 0.279 e. The molecule has 0 heterocycles. The van der Waals surface area contributed by atoms with E-state index in [0.29, 0.717) is 6.54 Å². The third-order valence-corrected chi connectivity index (χ3v) is 4.20. The monoisotopic (exact) mass is 311 g/mol. The molecule has 0 fully saturated rings. The summed E-state index contributed by atoms with van der Waals surface area (Å²) < 4.78 is 0. The largest absolute Gasteiger partial charge is 0.326 e. The van der Waals surface area contributed by atoms with Crippen molar-refractivity contribution in [3.05, 3.63) is 64.2 Å². The minimum absolute atomic E-state index is 0.0604. The SMILES string of the molecule is Cc1ccc(C)c(C[NH+](C)CC(=O)Nc2c(C)cccc2C)c1. The average molecular weight is 311 g/mol. The van der Waals surface area contributed by atoms with E-state index in [4.69, 9.17) is 0 Å². The van der Waals surface area contributed by atoms with Crippen LogP contribution in [0.3, 0.4) is 0 Å². The fraction of sp³-hybridized carbons (Fsp3) is 0.350. The molecule has 0 aliphatic carbocycles. The molecule has 2 rings (SSSR count). The molecule has 23 heavy (non-hydrogen) atoms. The van der Waals surface area contributed by atoms with Gasteiger partial charge in [0.1, 0.15) is 6.54 Å². The highest BCUT2D eigenvalue weighted by Gasteiger charge is 2.14. The molecule has 0 saturated carbocycles. The summed E-state index contributed by atoms with van der Waals surface area (Å²) in [6.45, 7) is 9.59. The number of nitrogens with one attached hydrogen (secondary N) is 2. The number of anilines is 1. The van der Waals surface area contributed by atoms with Gasteiger partial charge in [0.2, 0.25) is 0 Å². The first kappa shape index (κ1) is 17.2. The Morgan fingerprint density at radius 1 is 1.00 bits per heavy atom. The molecule has 2 N–H and O–H groups in total. The first-order valence-corrected chi connectivity index (χ1v) is 8.10. The van der Waals surface area contributed by atoms with Gasteiger partial charge < -0.3 is 10.2 Å². The number of hydrogen-bond donors (Lipinski definition) is 2. The van der Waals surface area contributed by atoms with Gasteiger partial charge in [-0.25, -0.2) is 0 Å². The summed E-state index contributed by atoms with van der Waals surface area (Å²) in [5.41, 5.74) is 7.00. The van der Waals surface area contributed by atoms with E-state index in [-0.39, 0.29) is 5.91 Å². The molecule has 0 aliphatic rings. The van der Waals surface area contributed by atoms with Crippen molar-refractivity contribution in [1.82, 2.24) is 0 Å². The first-order chi connectivity index (χ1) is 10.9. The molecule has 0 bridgehead atoms. The lowest BCUT2D eigenvalue weighted by Gasteiger charge is -2.17. The summed E-state index contributed by atoms with van der Waals surface area (Å²) in [5.74, 6) is 0.0604. The summed E-state index contributed by atoms with van der Waals surface area (Å²) in [4.78, 5) is 13.5. The van der Waals surface area contributed by atoms with E-state index >= 15 is 0 Å². The van der Waals surface area contributed by atoms with Crippen molar-refractivity contribution in [2.24, 2.45) is 0 Å². The van der Waals surface area contributed by atoms with Crippen LogP contribution in [0.25, 0.3) is 0 Å². The van der Waals surface area contributed by atoms with Crippen molar-refractivity contribution < 1.29 is 9.69 Å². The fourth-order valence-corrected chi connectivity index (χ4v) is 2.85. The topological polar surface area (TPSA) is 33.5 Å². The molecule has 0 radical (unpaired) electrons. The molecule has 122 valence electrons. The van der Waals surface area contributed by atoms with E-state index in [1.165, 1.54) is 21.6 Å². The Kier molecular flexibility index (Phi) is 5.56. The lowest BCUT2D eigenvalue weighted by molar-refractivity contribution is -0.885. The Balaban J connectivity index is 1.98. The van der Waals surface area contributed by atoms with Gasteiger partial charge in [-0.3, -0.25) is 4.79 Å². The molecule has 3 nitrogen and oxygen atoms in total. The third-order valence-electron chi connectivity index (χ3n) is 4.20. The number of amides is 1. The quantitative estimate of drug-likeness (QED) is 0.874. The van der Waals surface area contributed by atoms with Crippen LogP contribution in [0.4, 0.5) is 5.69 Å². The zero-order valence-electron chi connectivity index (χ0n) is 14.8. The van der Waals surface area contributed by atoms with E-state index in [0.717, 1.165) is 23.4 Å². The van der Waals surface area contributed by atoms with Gasteiger partial charge in [0.15, 0.2) is 6.54 Å². The number of carbonyl (C=O) groups is 1. The highest BCUT2D eigenvalue weighted by Crippen LogP contribution is 2.18. The van der Waals surface area contributed by atoms with Gasteiger partial charge in [0.25, 0.3) is 5.91 Å².